The van der Waals surface area contributed by atoms with Crippen molar-refractivity contribution in [2.24, 2.45) is 0 Å². The Morgan fingerprint density at radius 1 is 0.960 bits per heavy atom. The summed E-state index contributed by atoms with van der Waals surface area (Å²) >= 11 is 0. The van der Waals surface area contributed by atoms with Crippen molar-refractivity contribution in [3.8, 4) is 5.75 Å². The van der Waals surface area contributed by atoms with E-state index in [2.05, 4.69) is 65.7 Å². The summed E-state index contributed by atoms with van der Waals surface area (Å²) in [5, 5.41) is 3.67. The Balaban J connectivity index is 1.62. The summed E-state index contributed by atoms with van der Waals surface area (Å²) < 4.78 is 5.30. The maximum atomic E-state index is 5.30. The highest BCUT2D eigenvalue weighted by Crippen LogP contribution is 2.26. The Morgan fingerprint density at radius 3 is 2.20 bits per heavy atom. The molecule has 0 aromatic heterocycles. The molecule has 2 aromatic carbocycles. The minimum atomic E-state index is 0.434. The Bertz CT molecular complexity index is 630. The van der Waals surface area contributed by atoms with Gasteiger partial charge in [0.1, 0.15) is 5.75 Å². The van der Waals surface area contributed by atoms with Crippen molar-refractivity contribution in [1.29, 1.82) is 0 Å². The summed E-state index contributed by atoms with van der Waals surface area (Å²) in [7, 11) is 1.72. The van der Waals surface area contributed by atoms with Gasteiger partial charge in [0, 0.05) is 19.1 Å². The van der Waals surface area contributed by atoms with Crippen molar-refractivity contribution in [2.75, 3.05) is 26.7 Å². The Hall–Kier alpha value is -1.84. The fraction of sp³-hybridized carbons (Fsp3) is 0.455. The predicted octanol–water partition coefficient (Wildman–Crippen LogP) is 4.18. The molecule has 3 rings (SSSR count). The van der Waals surface area contributed by atoms with Gasteiger partial charge < -0.3 is 10.1 Å². The third kappa shape index (κ3) is 4.83. The van der Waals surface area contributed by atoms with Crippen LogP contribution in [0, 0.1) is 0 Å². The first kappa shape index (κ1) is 18.0. The van der Waals surface area contributed by atoms with Crippen LogP contribution < -0.4 is 10.1 Å². The van der Waals surface area contributed by atoms with E-state index in [0.29, 0.717) is 6.04 Å². The summed E-state index contributed by atoms with van der Waals surface area (Å²) in [6.45, 7) is 6.49. The van der Waals surface area contributed by atoms with Crippen LogP contribution in [0.25, 0.3) is 0 Å². The van der Waals surface area contributed by atoms with E-state index >= 15 is 0 Å². The number of ether oxygens (including phenoxy) is 1. The van der Waals surface area contributed by atoms with Crippen LogP contribution in [0.5, 0.6) is 5.75 Å². The maximum absolute atomic E-state index is 5.30. The van der Waals surface area contributed by atoms with Gasteiger partial charge in [-0.3, -0.25) is 4.90 Å². The molecular formula is C22H30N2O. The lowest BCUT2D eigenvalue weighted by Crippen LogP contribution is -2.34. The molecule has 0 saturated carbocycles. The molecule has 25 heavy (non-hydrogen) atoms. The van der Waals surface area contributed by atoms with E-state index < -0.39 is 0 Å². The number of likely N-dealkylation sites (tertiary alicyclic amines) is 1. The second-order valence-corrected chi connectivity index (χ2v) is 6.83. The Labute approximate surface area is 152 Å². The first-order valence-electron chi connectivity index (χ1n) is 9.46. The second kappa shape index (κ2) is 9.02. The van der Waals surface area contributed by atoms with Crippen molar-refractivity contribution in [3.05, 3.63) is 65.2 Å². The minimum Gasteiger partial charge on any atom is -0.497 e. The largest absolute Gasteiger partial charge is 0.497 e. The van der Waals surface area contributed by atoms with Gasteiger partial charge in [-0.1, -0.05) is 43.3 Å². The number of aryl methyl sites for hydroxylation is 1. The minimum absolute atomic E-state index is 0.434. The number of nitrogens with one attached hydrogen (secondary N) is 1. The van der Waals surface area contributed by atoms with E-state index in [-0.39, 0.29) is 0 Å². The summed E-state index contributed by atoms with van der Waals surface area (Å²) in [4.78, 5) is 2.61. The van der Waals surface area contributed by atoms with Crippen LogP contribution in [0.1, 0.15) is 42.5 Å². The average molecular weight is 338 g/mol. The van der Waals surface area contributed by atoms with E-state index in [1.165, 1.54) is 42.6 Å². The maximum Gasteiger partial charge on any atom is 0.118 e. The van der Waals surface area contributed by atoms with Crippen LogP contribution in [0.3, 0.4) is 0 Å². The molecule has 1 saturated heterocycles. The smallest absolute Gasteiger partial charge is 0.118 e. The number of hydrogen-bond acceptors (Lipinski definition) is 3. The molecular weight excluding hydrogens is 308 g/mol. The highest BCUT2D eigenvalue weighted by Gasteiger charge is 2.23. The van der Waals surface area contributed by atoms with Crippen LogP contribution in [0.4, 0.5) is 0 Å². The SMILES string of the molecule is CCc1ccc(CNCC(c2ccc(OC)cc2)N2CCCC2)cc1. The molecule has 0 radical (unpaired) electrons. The topological polar surface area (TPSA) is 24.5 Å². The van der Waals surface area contributed by atoms with Crippen molar-refractivity contribution < 1.29 is 4.74 Å². The molecule has 3 nitrogen and oxygen atoms in total. The van der Waals surface area contributed by atoms with Gasteiger partial charge in [-0.25, -0.2) is 0 Å². The van der Waals surface area contributed by atoms with Crippen LogP contribution in [-0.2, 0) is 13.0 Å². The molecule has 0 spiro atoms. The molecule has 1 heterocycles. The Morgan fingerprint density at radius 2 is 1.60 bits per heavy atom. The first-order chi connectivity index (χ1) is 12.3. The summed E-state index contributed by atoms with van der Waals surface area (Å²) in [5.41, 5.74) is 4.13. The van der Waals surface area contributed by atoms with Gasteiger partial charge >= 0.3 is 0 Å². The van der Waals surface area contributed by atoms with Gasteiger partial charge in [0.25, 0.3) is 0 Å². The van der Waals surface area contributed by atoms with Crippen LogP contribution in [-0.4, -0.2) is 31.6 Å². The number of rotatable bonds is 8. The summed E-state index contributed by atoms with van der Waals surface area (Å²) in [6.07, 6.45) is 3.72. The zero-order chi connectivity index (χ0) is 17.5. The summed E-state index contributed by atoms with van der Waals surface area (Å²) in [6, 6.07) is 17.9. The number of methoxy groups -OCH3 is 1. The molecule has 0 aliphatic carbocycles. The van der Waals surface area contributed by atoms with Gasteiger partial charge in [-0.15, -0.1) is 0 Å². The van der Waals surface area contributed by atoms with Crippen molar-refractivity contribution in [1.82, 2.24) is 10.2 Å². The van der Waals surface area contributed by atoms with Crippen LogP contribution >= 0.6 is 0 Å². The molecule has 2 aromatic rings. The molecule has 1 unspecified atom stereocenters. The van der Waals surface area contributed by atoms with E-state index in [4.69, 9.17) is 4.74 Å². The third-order valence-corrected chi connectivity index (χ3v) is 5.18. The molecule has 1 aliphatic rings. The highest BCUT2D eigenvalue weighted by atomic mass is 16.5. The zero-order valence-electron chi connectivity index (χ0n) is 15.5. The average Bonchev–Trinajstić information content (AvgIpc) is 3.20. The van der Waals surface area contributed by atoms with Gasteiger partial charge in [-0.2, -0.15) is 0 Å². The lowest BCUT2D eigenvalue weighted by Gasteiger charge is -2.28. The quantitative estimate of drug-likeness (QED) is 0.781. The first-order valence-corrected chi connectivity index (χ1v) is 9.46. The fourth-order valence-electron chi connectivity index (χ4n) is 3.58. The predicted molar refractivity (Wildman–Crippen MR) is 104 cm³/mol. The number of benzene rings is 2. The Kier molecular flexibility index (Phi) is 6.48. The molecule has 1 atom stereocenters. The van der Waals surface area contributed by atoms with Crippen molar-refractivity contribution in [2.45, 2.75) is 38.8 Å². The second-order valence-electron chi connectivity index (χ2n) is 6.83. The molecule has 134 valence electrons. The molecule has 3 heteroatoms. The molecule has 0 amide bonds. The van der Waals surface area contributed by atoms with Crippen LogP contribution in [0.15, 0.2) is 48.5 Å². The molecule has 1 aliphatic heterocycles. The van der Waals surface area contributed by atoms with Crippen molar-refractivity contribution in [3.63, 3.8) is 0 Å². The standard InChI is InChI=1S/C22H30N2O/c1-3-18-6-8-19(9-7-18)16-23-17-22(24-14-4-5-15-24)20-10-12-21(25-2)13-11-20/h6-13,22-23H,3-5,14-17H2,1-2H3. The normalized spacial score (nSPS) is 16.1. The zero-order valence-corrected chi connectivity index (χ0v) is 15.5. The monoisotopic (exact) mass is 338 g/mol. The molecule has 0 bridgehead atoms. The van der Waals surface area contributed by atoms with Gasteiger partial charge in [0.05, 0.1) is 7.11 Å². The van der Waals surface area contributed by atoms with E-state index in [9.17, 15) is 0 Å². The van der Waals surface area contributed by atoms with Crippen molar-refractivity contribution >= 4 is 0 Å². The number of hydrogen-bond donors (Lipinski definition) is 1. The van der Waals surface area contributed by atoms with E-state index in [0.717, 1.165) is 25.3 Å². The third-order valence-electron chi connectivity index (χ3n) is 5.18. The van der Waals surface area contributed by atoms with Gasteiger partial charge in [-0.05, 0) is 61.2 Å². The lowest BCUT2D eigenvalue weighted by molar-refractivity contribution is 0.238. The fourth-order valence-corrected chi connectivity index (χ4v) is 3.58. The van der Waals surface area contributed by atoms with Gasteiger partial charge in [0.15, 0.2) is 0 Å². The van der Waals surface area contributed by atoms with E-state index in [1.807, 2.05) is 0 Å². The van der Waals surface area contributed by atoms with Crippen LogP contribution in [0.2, 0.25) is 0 Å². The molecule has 1 fully saturated rings. The summed E-state index contributed by atoms with van der Waals surface area (Å²) in [5.74, 6) is 0.924. The highest BCUT2D eigenvalue weighted by molar-refractivity contribution is 5.29. The van der Waals surface area contributed by atoms with E-state index in [1.54, 1.807) is 7.11 Å². The molecule has 1 N–H and O–H groups in total. The number of nitrogens with zero attached hydrogens (tertiary/aromatic N) is 1. The van der Waals surface area contributed by atoms with Gasteiger partial charge in [0.2, 0.25) is 0 Å². The lowest BCUT2D eigenvalue weighted by atomic mass is 10.0.